The Morgan fingerprint density at radius 1 is 0.971 bits per heavy atom. The zero-order valence-corrected chi connectivity index (χ0v) is 21.0. The summed E-state index contributed by atoms with van der Waals surface area (Å²) in [5, 5.41) is 2.61. The van der Waals surface area contributed by atoms with E-state index in [9.17, 15) is 22.8 Å². The summed E-state index contributed by atoms with van der Waals surface area (Å²) in [5.41, 5.74) is 1.53. The molecule has 1 N–H and O–H groups in total. The van der Waals surface area contributed by atoms with E-state index in [1.807, 2.05) is 6.92 Å². The van der Waals surface area contributed by atoms with Gasteiger partial charge in [0, 0.05) is 24.2 Å². The third-order valence-electron chi connectivity index (χ3n) is 5.37. The van der Waals surface area contributed by atoms with Gasteiger partial charge in [-0.1, -0.05) is 63.6 Å². The van der Waals surface area contributed by atoms with E-state index in [0.29, 0.717) is 18.7 Å². The average molecular weight is 489 g/mol. The van der Waals surface area contributed by atoms with E-state index in [-0.39, 0.29) is 22.2 Å². The zero-order valence-electron chi connectivity index (χ0n) is 20.2. The van der Waals surface area contributed by atoms with Crippen molar-refractivity contribution in [2.24, 2.45) is 5.92 Å². The Balaban J connectivity index is 2.12. The van der Waals surface area contributed by atoms with Crippen molar-refractivity contribution in [3.8, 4) is 0 Å². The van der Waals surface area contributed by atoms with E-state index >= 15 is 0 Å². The zero-order chi connectivity index (χ0) is 25.5. The summed E-state index contributed by atoms with van der Waals surface area (Å²) in [6.45, 7) is 9.00. The number of ketones is 1. The second-order valence-corrected chi connectivity index (χ2v) is 10.1. The normalized spacial score (nSPS) is 12.4. The van der Waals surface area contributed by atoms with Gasteiger partial charge in [0.2, 0.25) is 10.0 Å². The van der Waals surface area contributed by atoms with Crippen molar-refractivity contribution in [1.29, 1.82) is 0 Å². The first-order valence-electron chi connectivity index (χ1n) is 11.2. The number of Topliss-reactive ketones (excluding diaryl/α,β-unsaturated/α-hetero) is 1. The Hall–Kier alpha value is -3.04. The number of aryl methyl sites for hydroxylation is 1. The highest BCUT2D eigenvalue weighted by atomic mass is 32.2. The summed E-state index contributed by atoms with van der Waals surface area (Å²) in [7, 11) is -3.74. The predicted molar refractivity (Wildman–Crippen MR) is 129 cm³/mol. The molecule has 0 radical (unpaired) electrons. The maximum Gasteiger partial charge on any atom is 0.329 e. The van der Waals surface area contributed by atoms with Gasteiger partial charge in [0.05, 0.1) is 4.90 Å². The molecule has 0 unspecified atom stereocenters. The van der Waals surface area contributed by atoms with Crippen LogP contribution in [0.1, 0.15) is 54.0 Å². The van der Waals surface area contributed by atoms with Crippen LogP contribution in [0.25, 0.3) is 0 Å². The van der Waals surface area contributed by atoms with Crippen LogP contribution in [0.15, 0.2) is 53.4 Å². The Labute approximate surface area is 201 Å². The van der Waals surface area contributed by atoms with Gasteiger partial charge in [0.25, 0.3) is 5.91 Å². The highest BCUT2D eigenvalue weighted by Gasteiger charge is 2.28. The highest BCUT2D eigenvalue weighted by molar-refractivity contribution is 7.89. The Morgan fingerprint density at radius 3 is 2.15 bits per heavy atom. The Kier molecular flexibility index (Phi) is 9.52. The minimum atomic E-state index is -3.74. The van der Waals surface area contributed by atoms with Crippen LogP contribution in [0.5, 0.6) is 0 Å². The fourth-order valence-corrected chi connectivity index (χ4v) is 4.79. The van der Waals surface area contributed by atoms with Crippen molar-refractivity contribution in [3.63, 3.8) is 0 Å². The summed E-state index contributed by atoms with van der Waals surface area (Å²) in [6, 6.07) is 11.6. The number of esters is 1. The molecule has 0 aliphatic carbocycles. The van der Waals surface area contributed by atoms with E-state index < -0.39 is 34.5 Å². The molecule has 1 amide bonds. The monoisotopic (exact) mass is 488 g/mol. The van der Waals surface area contributed by atoms with Crippen molar-refractivity contribution in [2.45, 2.75) is 45.6 Å². The first kappa shape index (κ1) is 27.2. The second-order valence-electron chi connectivity index (χ2n) is 8.21. The van der Waals surface area contributed by atoms with Crippen LogP contribution in [0.3, 0.4) is 0 Å². The maximum absolute atomic E-state index is 12.8. The third-order valence-corrected chi connectivity index (χ3v) is 7.41. The quantitative estimate of drug-likeness (QED) is 0.384. The number of benzene rings is 2. The minimum Gasteiger partial charge on any atom is -0.456 e. The number of carbonyl (C=O) groups excluding carboxylic acids is 3. The molecule has 0 saturated heterocycles. The summed E-state index contributed by atoms with van der Waals surface area (Å²) < 4.78 is 32.0. The number of hydrogen-bond acceptors (Lipinski definition) is 6. The van der Waals surface area contributed by atoms with E-state index in [2.05, 4.69) is 5.32 Å². The molecule has 9 heteroatoms. The molecule has 184 valence electrons. The van der Waals surface area contributed by atoms with Crippen molar-refractivity contribution in [3.05, 3.63) is 65.2 Å². The van der Waals surface area contributed by atoms with Crippen molar-refractivity contribution < 1.29 is 27.5 Å². The number of nitrogens with one attached hydrogen (secondary N) is 1. The third kappa shape index (κ3) is 6.74. The lowest BCUT2D eigenvalue weighted by Gasteiger charge is -2.21. The second kappa shape index (κ2) is 11.9. The average Bonchev–Trinajstić information content (AvgIpc) is 2.81. The van der Waals surface area contributed by atoms with Gasteiger partial charge in [0.15, 0.2) is 12.4 Å². The standard InChI is InChI=1S/C25H32N2O6S/c1-6-27(7-2)34(31,32)21-10-8-9-20(15-21)24(29)26-23(17(3)4)25(30)33-16-22(28)19-13-11-18(5)12-14-19/h8-15,17,23H,6-7,16H2,1-5H3,(H,26,29)/t23-/m0/s1. The molecular weight excluding hydrogens is 456 g/mol. The smallest absolute Gasteiger partial charge is 0.329 e. The molecule has 0 aliphatic heterocycles. The fraction of sp³-hybridized carbons (Fsp3) is 0.400. The molecule has 2 aromatic rings. The SMILES string of the molecule is CCN(CC)S(=O)(=O)c1cccc(C(=O)N[C@H](C(=O)OCC(=O)c2ccc(C)cc2)C(C)C)c1. The highest BCUT2D eigenvalue weighted by Crippen LogP contribution is 2.17. The van der Waals surface area contributed by atoms with Crippen molar-refractivity contribution in [2.75, 3.05) is 19.7 Å². The van der Waals surface area contributed by atoms with Crippen LogP contribution in [-0.4, -0.2) is 56.1 Å². The molecule has 0 heterocycles. The number of sulfonamides is 1. The Morgan fingerprint density at radius 2 is 1.59 bits per heavy atom. The first-order valence-corrected chi connectivity index (χ1v) is 12.6. The minimum absolute atomic E-state index is 0.00350. The molecule has 34 heavy (non-hydrogen) atoms. The van der Waals surface area contributed by atoms with Gasteiger partial charge in [-0.05, 0) is 31.0 Å². The van der Waals surface area contributed by atoms with Gasteiger partial charge in [-0.3, -0.25) is 9.59 Å². The fourth-order valence-electron chi connectivity index (χ4n) is 3.28. The largest absolute Gasteiger partial charge is 0.456 e. The van der Waals surface area contributed by atoms with Gasteiger partial charge in [-0.2, -0.15) is 4.31 Å². The van der Waals surface area contributed by atoms with E-state index in [4.69, 9.17) is 4.74 Å². The molecule has 2 aromatic carbocycles. The summed E-state index contributed by atoms with van der Waals surface area (Å²) in [5.74, 6) is -2.03. The topological polar surface area (TPSA) is 110 Å². The van der Waals surface area contributed by atoms with Crippen LogP contribution in [0, 0.1) is 12.8 Å². The van der Waals surface area contributed by atoms with Crippen LogP contribution in [-0.2, 0) is 19.6 Å². The number of hydrogen-bond donors (Lipinski definition) is 1. The number of ether oxygens (including phenoxy) is 1. The molecular formula is C25H32N2O6S. The molecule has 1 atom stereocenters. The van der Waals surface area contributed by atoms with Gasteiger partial charge in [0.1, 0.15) is 6.04 Å². The van der Waals surface area contributed by atoms with E-state index in [0.717, 1.165) is 5.56 Å². The lowest BCUT2D eigenvalue weighted by molar-refractivity contribution is -0.145. The lowest BCUT2D eigenvalue weighted by atomic mass is 10.0. The lowest BCUT2D eigenvalue weighted by Crippen LogP contribution is -2.45. The van der Waals surface area contributed by atoms with Crippen LogP contribution >= 0.6 is 0 Å². The summed E-state index contributed by atoms with van der Waals surface area (Å²) >= 11 is 0. The maximum atomic E-state index is 12.8. The molecule has 0 fully saturated rings. The van der Waals surface area contributed by atoms with Crippen LogP contribution in [0.2, 0.25) is 0 Å². The van der Waals surface area contributed by atoms with E-state index in [1.165, 1.54) is 28.6 Å². The number of amides is 1. The summed E-state index contributed by atoms with van der Waals surface area (Å²) in [4.78, 5) is 37.8. The predicted octanol–water partition coefficient (Wildman–Crippen LogP) is 3.21. The number of carbonyl (C=O) groups is 3. The van der Waals surface area contributed by atoms with Crippen LogP contribution < -0.4 is 5.32 Å². The molecule has 8 nitrogen and oxygen atoms in total. The first-order chi connectivity index (χ1) is 16.0. The number of nitrogens with zero attached hydrogens (tertiary/aromatic N) is 1. The van der Waals surface area contributed by atoms with Crippen LogP contribution in [0.4, 0.5) is 0 Å². The van der Waals surface area contributed by atoms with Crippen molar-refractivity contribution >= 4 is 27.7 Å². The molecule has 0 saturated carbocycles. The van der Waals surface area contributed by atoms with Gasteiger partial charge < -0.3 is 10.1 Å². The van der Waals surface area contributed by atoms with E-state index in [1.54, 1.807) is 52.0 Å². The van der Waals surface area contributed by atoms with Gasteiger partial charge in [-0.25, -0.2) is 13.2 Å². The molecule has 0 aliphatic rings. The van der Waals surface area contributed by atoms with Gasteiger partial charge in [-0.15, -0.1) is 0 Å². The summed E-state index contributed by atoms with van der Waals surface area (Å²) in [6.07, 6.45) is 0. The Bertz CT molecular complexity index is 1120. The van der Waals surface area contributed by atoms with Gasteiger partial charge >= 0.3 is 5.97 Å². The molecule has 2 rings (SSSR count). The molecule has 0 spiro atoms. The molecule has 0 aromatic heterocycles. The number of rotatable bonds is 11. The molecule has 0 bridgehead atoms. The van der Waals surface area contributed by atoms with Crippen molar-refractivity contribution in [1.82, 2.24) is 9.62 Å².